The van der Waals surface area contributed by atoms with Crippen molar-refractivity contribution >= 4 is 35.1 Å². The monoisotopic (exact) mass is 297 g/mol. The minimum Gasteiger partial charge on any atom is -0.461 e. The predicted molar refractivity (Wildman–Crippen MR) is 73.4 cm³/mol. The molecule has 1 rings (SSSR count). The molecule has 0 aliphatic carbocycles. The van der Waals surface area contributed by atoms with Gasteiger partial charge in [-0.25, -0.2) is 4.79 Å². The second-order valence-corrected chi connectivity index (χ2v) is 4.17. The fraction of sp³-hybridized carbons (Fsp3) is 0.231. The number of ketones is 1. The summed E-state index contributed by atoms with van der Waals surface area (Å²) in [6.45, 7) is 1.20. The summed E-state index contributed by atoms with van der Waals surface area (Å²) in [5.74, 6) is -1.17. The first-order valence-electron chi connectivity index (χ1n) is 5.66. The molecule has 0 unspecified atom stereocenters. The molecule has 0 radical (unpaired) electrons. The molecule has 106 valence electrons. The number of carbonyl (C=O) groups is 2. The van der Waals surface area contributed by atoms with Gasteiger partial charge in [0.05, 0.1) is 10.8 Å². The van der Waals surface area contributed by atoms with Crippen LogP contribution in [0.15, 0.2) is 29.8 Å². The molecule has 0 saturated carbocycles. The molecule has 7 heteroatoms. The quantitative estimate of drug-likeness (QED) is 0.153. The molecule has 0 amide bonds. The molecule has 0 atom stereocenters. The van der Waals surface area contributed by atoms with Crippen molar-refractivity contribution in [2.24, 2.45) is 0 Å². The third-order valence-corrected chi connectivity index (χ3v) is 2.46. The maximum atomic E-state index is 11.7. The van der Waals surface area contributed by atoms with E-state index in [9.17, 15) is 19.7 Å². The Balaban J connectivity index is 3.08. The van der Waals surface area contributed by atoms with Gasteiger partial charge in [-0.1, -0.05) is 12.1 Å². The van der Waals surface area contributed by atoms with Gasteiger partial charge < -0.3 is 4.74 Å². The highest BCUT2D eigenvalue weighted by molar-refractivity contribution is 6.20. The van der Waals surface area contributed by atoms with Crippen LogP contribution in [0, 0.1) is 10.1 Å². The summed E-state index contributed by atoms with van der Waals surface area (Å²) in [4.78, 5) is 33.2. The number of hydrogen-bond donors (Lipinski definition) is 0. The van der Waals surface area contributed by atoms with Crippen LogP contribution in [-0.4, -0.2) is 29.2 Å². The maximum Gasteiger partial charge on any atom is 0.341 e. The molecule has 6 nitrogen and oxygen atoms in total. The number of nitro groups is 1. The van der Waals surface area contributed by atoms with Gasteiger partial charge in [-0.05, 0) is 18.6 Å². The summed E-state index contributed by atoms with van der Waals surface area (Å²) in [6.07, 6.45) is 1.26. The van der Waals surface area contributed by atoms with E-state index < -0.39 is 16.7 Å². The first-order chi connectivity index (χ1) is 9.45. The Kier molecular flexibility index (Phi) is 5.86. The fourth-order valence-corrected chi connectivity index (χ4v) is 1.49. The van der Waals surface area contributed by atoms with Crippen LogP contribution >= 0.6 is 11.6 Å². The second-order valence-electron chi connectivity index (χ2n) is 3.79. The third-order valence-electron chi connectivity index (χ3n) is 2.30. The lowest BCUT2D eigenvalue weighted by atomic mass is 10.1. The van der Waals surface area contributed by atoms with E-state index in [1.165, 1.54) is 31.2 Å². The first-order valence-corrected chi connectivity index (χ1v) is 6.19. The van der Waals surface area contributed by atoms with E-state index in [1.807, 2.05) is 0 Å². The number of benzene rings is 1. The number of Topliss-reactive ketones (excluding diaryl/α,β-unsaturated/α-hetero) is 1. The number of non-ortho nitro benzene ring substituents is 1. The van der Waals surface area contributed by atoms with Crippen LogP contribution in [0.25, 0.3) is 6.08 Å². The maximum absolute atomic E-state index is 11.7. The topological polar surface area (TPSA) is 86.5 Å². The van der Waals surface area contributed by atoms with Gasteiger partial charge in [0, 0.05) is 12.1 Å². The average Bonchev–Trinajstić information content (AvgIpc) is 2.42. The number of esters is 1. The lowest BCUT2D eigenvalue weighted by Gasteiger charge is -2.04. The Morgan fingerprint density at radius 1 is 1.45 bits per heavy atom. The highest BCUT2D eigenvalue weighted by atomic mass is 35.5. The predicted octanol–water partition coefficient (Wildman–Crippen LogP) is 2.35. The fourth-order valence-electron chi connectivity index (χ4n) is 1.41. The lowest BCUT2D eigenvalue weighted by Crippen LogP contribution is -2.14. The van der Waals surface area contributed by atoms with Gasteiger partial charge in [-0.15, -0.1) is 11.6 Å². The normalized spacial score (nSPS) is 11.0. The smallest absolute Gasteiger partial charge is 0.341 e. The van der Waals surface area contributed by atoms with Gasteiger partial charge in [-0.3, -0.25) is 14.9 Å². The zero-order valence-corrected chi connectivity index (χ0v) is 11.4. The molecule has 0 bridgehead atoms. The van der Waals surface area contributed by atoms with Gasteiger partial charge in [0.15, 0.2) is 5.78 Å². The van der Waals surface area contributed by atoms with E-state index in [0.29, 0.717) is 5.56 Å². The van der Waals surface area contributed by atoms with Crippen LogP contribution in [0.2, 0.25) is 0 Å². The molecule has 1 aromatic carbocycles. The molecule has 0 aliphatic rings. The van der Waals surface area contributed by atoms with Crippen molar-refractivity contribution in [2.75, 3.05) is 12.5 Å². The molecule has 0 spiro atoms. The molecule has 0 fully saturated rings. The van der Waals surface area contributed by atoms with Crippen LogP contribution in [0.5, 0.6) is 0 Å². The van der Waals surface area contributed by atoms with E-state index in [1.54, 1.807) is 6.07 Å². The summed E-state index contributed by atoms with van der Waals surface area (Å²) < 4.78 is 4.77. The van der Waals surface area contributed by atoms with Gasteiger partial charge >= 0.3 is 5.97 Å². The van der Waals surface area contributed by atoms with Crippen LogP contribution in [0.3, 0.4) is 0 Å². The summed E-state index contributed by atoms with van der Waals surface area (Å²) in [5.41, 5.74) is 0.0543. The first kappa shape index (κ1) is 15.8. The Bertz CT molecular complexity index is 568. The third kappa shape index (κ3) is 4.47. The van der Waals surface area contributed by atoms with E-state index in [4.69, 9.17) is 16.3 Å². The molecule has 0 N–H and O–H groups in total. The van der Waals surface area contributed by atoms with E-state index in [0.717, 1.165) is 0 Å². The number of rotatable bonds is 6. The van der Waals surface area contributed by atoms with Crippen LogP contribution in [-0.2, 0) is 14.3 Å². The summed E-state index contributed by atoms with van der Waals surface area (Å²) in [5, 5.41) is 10.7. The minimum atomic E-state index is -0.801. The van der Waals surface area contributed by atoms with E-state index >= 15 is 0 Å². The van der Waals surface area contributed by atoms with Crippen LogP contribution in [0.4, 0.5) is 5.69 Å². The van der Waals surface area contributed by atoms with E-state index in [-0.39, 0.29) is 23.7 Å². The van der Waals surface area contributed by atoms with Gasteiger partial charge in [-0.2, -0.15) is 0 Å². The molecule has 20 heavy (non-hydrogen) atoms. The largest absolute Gasteiger partial charge is 0.461 e. The second kappa shape index (κ2) is 7.40. The standard InChI is InChI=1S/C13H12ClNO5/c1-9(16)12(13(17)20-6-5-14)8-10-3-2-4-11(7-10)15(18)19/h2-4,7-8H,5-6H2,1H3/b12-8-. The van der Waals surface area contributed by atoms with Gasteiger partial charge in [0.1, 0.15) is 12.2 Å². The highest BCUT2D eigenvalue weighted by Gasteiger charge is 2.16. The molecule has 0 saturated heterocycles. The van der Waals surface area contributed by atoms with Crippen molar-refractivity contribution in [2.45, 2.75) is 6.92 Å². The number of alkyl halides is 1. The number of carbonyl (C=O) groups excluding carboxylic acids is 2. The number of ether oxygens (including phenoxy) is 1. The molecular formula is C13H12ClNO5. The Hall–Kier alpha value is -2.21. The Labute approximate surface area is 120 Å². The Morgan fingerprint density at radius 2 is 2.15 bits per heavy atom. The zero-order chi connectivity index (χ0) is 15.1. The number of nitrogens with zero attached hydrogens (tertiary/aromatic N) is 1. The van der Waals surface area contributed by atoms with Crippen molar-refractivity contribution in [3.05, 3.63) is 45.5 Å². The van der Waals surface area contributed by atoms with Crippen molar-refractivity contribution in [1.29, 1.82) is 0 Å². The van der Waals surface area contributed by atoms with Gasteiger partial charge in [0.25, 0.3) is 5.69 Å². The number of hydrogen-bond acceptors (Lipinski definition) is 5. The van der Waals surface area contributed by atoms with Crippen molar-refractivity contribution < 1.29 is 19.2 Å². The summed E-state index contributed by atoms with van der Waals surface area (Å²) in [7, 11) is 0. The molecular weight excluding hydrogens is 286 g/mol. The average molecular weight is 298 g/mol. The van der Waals surface area contributed by atoms with Gasteiger partial charge in [0.2, 0.25) is 0 Å². The van der Waals surface area contributed by atoms with Crippen molar-refractivity contribution in [1.82, 2.24) is 0 Å². The Morgan fingerprint density at radius 3 is 2.70 bits per heavy atom. The van der Waals surface area contributed by atoms with Crippen molar-refractivity contribution in [3.8, 4) is 0 Å². The number of halogens is 1. The van der Waals surface area contributed by atoms with Crippen LogP contribution < -0.4 is 0 Å². The molecule has 0 aromatic heterocycles. The number of nitro benzene ring substituents is 1. The SMILES string of the molecule is CC(=O)/C(=C/c1cccc([N+](=O)[O-])c1)C(=O)OCCCl. The zero-order valence-electron chi connectivity index (χ0n) is 10.7. The van der Waals surface area contributed by atoms with Crippen molar-refractivity contribution in [3.63, 3.8) is 0 Å². The lowest BCUT2D eigenvalue weighted by molar-refractivity contribution is -0.384. The summed E-state index contributed by atoms with van der Waals surface area (Å²) >= 11 is 5.39. The summed E-state index contributed by atoms with van der Waals surface area (Å²) in [6, 6.07) is 5.59. The van der Waals surface area contributed by atoms with E-state index in [2.05, 4.69) is 0 Å². The molecule has 1 aromatic rings. The highest BCUT2D eigenvalue weighted by Crippen LogP contribution is 2.16. The molecule has 0 heterocycles. The molecule has 0 aliphatic heterocycles. The van der Waals surface area contributed by atoms with Crippen LogP contribution in [0.1, 0.15) is 12.5 Å². The minimum absolute atomic E-state index is 0.0139.